The summed E-state index contributed by atoms with van der Waals surface area (Å²) in [4.78, 5) is 0. The molecule has 0 aliphatic rings. The van der Waals surface area contributed by atoms with E-state index in [0.717, 1.165) is 17.9 Å². The monoisotopic (exact) mass is 269 g/mol. The lowest BCUT2D eigenvalue weighted by atomic mass is 9.97. The van der Waals surface area contributed by atoms with E-state index in [9.17, 15) is 0 Å². The third-order valence-electron chi connectivity index (χ3n) is 3.32. The van der Waals surface area contributed by atoms with Crippen LogP contribution in [-0.2, 0) is 0 Å². The Balaban J connectivity index is 2.77. The number of nitrogens with one attached hydrogen (secondary N) is 1. The van der Waals surface area contributed by atoms with Crippen LogP contribution in [0.1, 0.15) is 45.2 Å². The normalized spacial score (nSPS) is 14.8. The van der Waals surface area contributed by atoms with Crippen LogP contribution in [0.3, 0.4) is 0 Å². The summed E-state index contributed by atoms with van der Waals surface area (Å²) in [5.74, 6) is 0.505. The molecule has 1 aromatic carbocycles. The third kappa shape index (κ3) is 4.60. The minimum Gasteiger partial charge on any atom is -0.396 e. The van der Waals surface area contributed by atoms with Gasteiger partial charge in [0.05, 0.1) is 0 Å². The Bertz CT molecular complexity index is 354. The van der Waals surface area contributed by atoms with Crippen LogP contribution in [0.15, 0.2) is 24.3 Å². The highest BCUT2D eigenvalue weighted by atomic mass is 35.5. The minimum absolute atomic E-state index is 0.224. The largest absolute Gasteiger partial charge is 0.396 e. The predicted octanol–water partition coefficient (Wildman–Crippen LogP) is 3.79. The molecule has 0 saturated carbocycles. The van der Waals surface area contributed by atoms with Gasteiger partial charge in [-0.1, -0.05) is 44.5 Å². The summed E-state index contributed by atoms with van der Waals surface area (Å²) >= 11 is 6.04. The first-order valence-electron chi connectivity index (χ1n) is 6.70. The molecule has 0 aliphatic heterocycles. The fraction of sp³-hybridized carbons (Fsp3) is 0.600. The molecule has 0 aromatic heterocycles. The van der Waals surface area contributed by atoms with E-state index in [4.69, 9.17) is 16.7 Å². The van der Waals surface area contributed by atoms with Crippen LogP contribution in [0.25, 0.3) is 0 Å². The maximum Gasteiger partial charge on any atom is 0.0445 e. The Labute approximate surface area is 115 Å². The Kier molecular flexibility index (Phi) is 6.69. The molecule has 2 atom stereocenters. The van der Waals surface area contributed by atoms with Crippen molar-refractivity contribution < 1.29 is 5.11 Å². The van der Waals surface area contributed by atoms with E-state index < -0.39 is 0 Å². The van der Waals surface area contributed by atoms with Crippen LogP contribution >= 0.6 is 11.6 Å². The fourth-order valence-corrected chi connectivity index (χ4v) is 2.38. The second-order valence-corrected chi connectivity index (χ2v) is 5.48. The van der Waals surface area contributed by atoms with Crippen LogP contribution in [0, 0.1) is 5.92 Å². The first kappa shape index (κ1) is 15.5. The summed E-state index contributed by atoms with van der Waals surface area (Å²) in [7, 11) is 0. The molecule has 0 spiro atoms. The molecule has 3 heteroatoms. The number of halogens is 1. The lowest BCUT2D eigenvalue weighted by Crippen LogP contribution is -2.37. The van der Waals surface area contributed by atoms with Gasteiger partial charge >= 0.3 is 0 Å². The maximum atomic E-state index is 9.12. The SMILES string of the molecule is CCC(NC(CCO)C(C)C)c1cccc(Cl)c1. The van der Waals surface area contributed by atoms with Crippen molar-refractivity contribution in [2.24, 2.45) is 5.92 Å². The van der Waals surface area contributed by atoms with Gasteiger partial charge in [-0.25, -0.2) is 0 Å². The van der Waals surface area contributed by atoms with Crippen molar-refractivity contribution in [3.8, 4) is 0 Å². The molecule has 0 saturated heterocycles. The predicted molar refractivity (Wildman–Crippen MR) is 77.9 cm³/mol. The molecule has 0 radical (unpaired) electrons. The topological polar surface area (TPSA) is 32.3 Å². The first-order valence-corrected chi connectivity index (χ1v) is 7.08. The highest BCUT2D eigenvalue weighted by molar-refractivity contribution is 6.30. The molecule has 102 valence electrons. The molecule has 2 unspecified atom stereocenters. The lowest BCUT2D eigenvalue weighted by molar-refractivity contribution is 0.233. The molecule has 18 heavy (non-hydrogen) atoms. The van der Waals surface area contributed by atoms with Crippen LogP contribution in [0.5, 0.6) is 0 Å². The van der Waals surface area contributed by atoms with E-state index in [0.29, 0.717) is 18.0 Å². The zero-order valence-corrected chi connectivity index (χ0v) is 12.2. The van der Waals surface area contributed by atoms with Gasteiger partial charge in [0.15, 0.2) is 0 Å². The minimum atomic E-state index is 0.224. The van der Waals surface area contributed by atoms with Crippen molar-refractivity contribution in [3.63, 3.8) is 0 Å². The second kappa shape index (κ2) is 7.78. The van der Waals surface area contributed by atoms with Crippen LogP contribution < -0.4 is 5.32 Å². The molecule has 0 heterocycles. The van der Waals surface area contributed by atoms with Crippen LogP contribution in [0.4, 0.5) is 0 Å². The molecule has 1 aromatic rings. The molecule has 0 amide bonds. The number of aliphatic hydroxyl groups excluding tert-OH is 1. The number of aliphatic hydroxyl groups is 1. The number of rotatable bonds is 7. The fourth-order valence-electron chi connectivity index (χ4n) is 2.18. The van der Waals surface area contributed by atoms with Crippen molar-refractivity contribution in [2.45, 2.75) is 45.7 Å². The number of hydrogen-bond acceptors (Lipinski definition) is 2. The van der Waals surface area contributed by atoms with Gasteiger partial charge in [0.1, 0.15) is 0 Å². The Morgan fingerprint density at radius 3 is 2.56 bits per heavy atom. The van der Waals surface area contributed by atoms with Gasteiger partial charge in [-0.3, -0.25) is 0 Å². The summed E-state index contributed by atoms with van der Waals surface area (Å²) in [5, 5.41) is 13.5. The highest BCUT2D eigenvalue weighted by Gasteiger charge is 2.18. The molecular formula is C15H24ClNO. The summed E-state index contributed by atoms with van der Waals surface area (Å²) in [6, 6.07) is 8.62. The molecule has 0 fully saturated rings. The second-order valence-electron chi connectivity index (χ2n) is 5.05. The number of benzene rings is 1. The van der Waals surface area contributed by atoms with Gasteiger partial charge in [0.25, 0.3) is 0 Å². The highest BCUT2D eigenvalue weighted by Crippen LogP contribution is 2.22. The quantitative estimate of drug-likeness (QED) is 0.789. The summed E-state index contributed by atoms with van der Waals surface area (Å²) in [6.07, 6.45) is 1.80. The van der Waals surface area contributed by atoms with E-state index in [2.05, 4.69) is 32.2 Å². The Morgan fingerprint density at radius 1 is 1.33 bits per heavy atom. The van der Waals surface area contributed by atoms with E-state index in [-0.39, 0.29) is 6.61 Å². The van der Waals surface area contributed by atoms with Gasteiger partial charge in [0.2, 0.25) is 0 Å². The zero-order valence-electron chi connectivity index (χ0n) is 11.5. The van der Waals surface area contributed by atoms with Gasteiger partial charge in [-0.2, -0.15) is 0 Å². The Morgan fingerprint density at radius 2 is 2.06 bits per heavy atom. The average Bonchev–Trinajstić information content (AvgIpc) is 2.34. The lowest BCUT2D eigenvalue weighted by Gasteiger charge is -2.28. The van der Waals surface area contributed by atoms with E-state index >= 15 is 0 Å². The molecule has 1 rings (SSSR count). The van der Waals surface area contributed by atoms with Gasteiger partial charge < -0.3 is 10.4 Å². The number of hydrogen-bond donors (Lipinski definition) is 2. The van der Waals surface area contributed by atoms with Crippen LogP contribution in [0.2, 0.25) is 5.02 Å². The third-order valence-corrected chi connectivity index (χ3v) is 3.55. The summed E-state index contributed by atoms with van der Waals surface area (Å²) in [5.41, 5.74) is 1.22. The average molecular weight is 270 g/mol. The summed E-state index contributed by atoms with van der Waals surface area (Å²) in [6.45, 7) is 6.74. The first-order chi connectivity index (χ1) is 8.58. The standard InChI is InChI=1S/C15H24ClNO/c1-4-14(12-6-5-7-13(16)10-12)17-15(8-9-18)11(2)3/h5-7,10-11,14-15,17-18H,4,8-9H2,1-3H3. The smallest absolute Gasteiger partial charge is 0.0445 e. The van der Waals surface area contributed by atoms with E-state index in [1.807, 2.05) is 18.2 Å². The van der Waals surface area contributed by atoms with E-state index in [1.165, 1.54) is 5.56 Å². The molecule has 2 nitrogen and oxygen atoms in total. The van der Waals surface area contributed by atoms with Gasteiger partial charge in [-0.15, -0.1) is 0 Å². The van der Waals surface area contributed by atoms with Crippen molar-refractivity contribution in [1.82, 2.24) is 5.32 Å². The maximum absolute atomic E-state index is 9.12. The Hall–Kier alpha value is -0.570. The van der Waals surface area contributed by atoms with Crippen molar-refractivity contribution in [1.29, 1.82) is 0 Å². The zero-order chi connectivity index (χ0) is 13.5. The van der Waals surface area contributed by atoms with Crippen molar-refractivity contribution in [3.05, 3.63) is 34.9 Å². The molecule has 2 N–H and O–H groups in total. The van der Waals surface area contributed by atoms with Crippen molar-refractivity contribution in [2.75, 3.05) is 6.61 Å². The molecular weight excluding hydrogens is 246 g/mol. The van der Waals surface area contributed by atoms with Crippen LogP contribution in [-0.4, -0.2) is 17.8 Å². The molecule has 0 aliphatic carbocycles. The molecule has 0 bridgehead atoms. The van der Waals surface area contributed by atoms with Gasteiger partial charge in [-0.05, 0) is 36.5 Å². The van der Waals surface area contributed by atoms with Gasteiger partial charge in [0, 0.05) is 23.7 Å². The summed E-state index contributed by atoms with van der Waals surface area (Å²) < 4.78 is 0. The van der Waals surface area contributed by atoms with E-state index in [1.54, 1.807) is 0 Å². The van der Waals surface area contributed by atoms with Crippen molar-refractivity contribution >= 4 is 11.6 Å².